The summed E-state index contributed by atoms with van der Waals surface area (Å²) in [6.07, 6.45) is 2.85. The van der Waals surface area contributed by atoms with E-state index < -0.39 is 5.24 Å². The van der Waals surface area contributed by atoms with Crippen LogP contribution >= 0.6 is 50.7 Å². The van der Waals surface area contributed by atoms with Gasteiger partial charge in [0.1, 0.15) is 6.61 Å². The Morgan fingerprint density at radius 2 is 1.96 bits per heavy atom. The van der Waals surface area contributed by atoms with Crippen LogP contribution in [0.5, 0.6) is 11.5 Å². The molecule has 0 radical (unpaired) electrons. The number of ether oxygens (including phenoxy) is 2. The van der Waals surface area contributed by atoms with Crippen molar-refractivity contribution in [2.45, 2.75) is 6.61 Å². The molecule has 0 heterocycles. The molecule has 0 aliphatic rings. The van der Waals surface area contributed by atoms with Crippen LogP contribution in [0.4, 0.5) is 0 Å². The van der Waals surface area contributed by atoms with Gasteiger partial charge in [-0.2, -0.15) is 0 Å². The van der Waals surface area contributed by atoms with Crippen molar-refractivity contribution in [1.29, 1.82) is 0 Å². The van der Waals surface area contributed by atoms with E-state index in [-0.39, 0.29) is 0 Å². The van der Waals surface area contributed by atoms with Crippen LogP contribution in [0.25, 0.3) is 6.08 Å². The summed E-state index contributed by atoms with van der Waals surface area (Å²) in [6.45, 7) is 0.293. The van der Waals surface area contributed by atoms with Crippen molar-refractivity contribution in [3.63, 3.8) is 0 Å². The standard InChI is InChI=1S/C17H12BrCl3O3/c1-23-15-8-10(3-5-16(21)22)6-12(18)17(15)24-9-11-2-4-13(19)14(20)7-11/h2-8H,9H2,1H3/b5-3+. The van der Waals surface area contributed by atoms with E-state index in [0.717, 1.165) is 11.1 Å². The lowest BCUT2D eigenvalue weighted by atomic mass is 10.2. The monoisotopic (exact) mass is 448 g/mol. The van der Waals surface area contributed by atoms with Crippen LogP contribution in [0.2, 0.25) is 10.0 Å². The highest BCUT2D eigenvalue weighted by Crippen LogP contribution is 2.37. The number of carbonyl (C=O) groups is 1. The Balaban J connectivity index is 2.22. The maximum Gasteiger partial charge on any atom is 0.245 e. The van der Waals surface area contributed by atoms with Crippen molar-refractivity contribution in [2.75, 3.05) is 7.11 Å². The molecule has 0 saturated carbocycles. The van der Waals surface area contributed by atoms with Gasteiger partial charge in [0, 0.05) is 0 Å². The molecule has 0 unspecified atom stereocenters. The number of rotatable bonds is 6. The van der Waals surface area contributed by atoms with E-state index in [9.17, 15) is 4.79 Å². The summed E-state index contributed by atoms with van der Waals surface area (Å²) in [5.41, 5.74) is 1.62. The molecule has 2 aromatic carbocycles. The van der Waals surface area contributed by atoms with E-state index in [1.807, 2.05) is 6.07 Å². The topological polar surface area (TPSA) is 35.5 Å². The van der Waals surface area contributed by atoms with Gasteiger partial charge in [-0.3, -0.25) is 4.79 Å². The third kappa shape index (κ3) is 5.15. The van der Waals surface area contributed by atoms with Gasteiger partial charge in [0.15, 0.2) is 11.5 Å². The molecular weight excluding hydrogens is 438 g/mol. The van der Waals surface area contributed by atoms with Gasteiger partial charge >= 0.3 is 0 Å². The third-order valence-electron chi connectivity index (χ3n) is 3.03. The van der Waals surface area contributed by atoms with Crippen molar-refractivity contribution in [3.8, 4) is 11.5 Å². The van der Waals surface area contributed by atoms with Gasteiger partial charge in [0.25, 0.3) is 0 Å². The van der Waals surface area contributed by atoms with Gasteiger partial charge in [-0.1, -0.05) is 29.3 Å². The SMILES string of the molecule is COc1cc(/C=C/C(=O)Cl)cc(Br)c1OCc1ccc(Cl)c(Cl)c1. The summed E-state index contributed by atoms with van der Waals surface area (Å²) >= 11 is 20.6. The number of hydrogen-bond acceptors (Lipinski definition) is 3. The van der Waals surface area contributed by atoms with Gasteiger partial charge in [-0.05, 0) is 75.1 Å². The highest BCUT2D eigenvalue weighted by atomic mass is 79.9. The molecular formula is C17H12BrCl3O3. The fourth-order valence-electron chi connectivity index (χ4n) is 1.92. The molecule has 0 atom stereocenters. The largest absolute Gasteiger partial charge is 0.493 e. The Morgan fingerprint density at radius 1 is 1.21 bits per heavy atom. The van der Waals surface area contributed by atoms with Crippen molar-refractivity contribution in [2.24, 2.45) is 0 Å². The number of carbonyl (C=O) groups excluding carboxylic acids is 1. The Bertz CT molecular complexity index is 791. The van der Waals surface area contributed by atoms with Crippen LogP contribution in [-0.4, -0.2) is 12.4 Å². The Labute approximate surface area is 163 Å². The van der Waals surface area contributed by atoms with Crippen LogP contribution in [0.1, 0.15) is 11.1 Å². The lowest BCUT2D eigenvalue weighted by molar-refractivity contribution is -0.107. The molecule has 0 aromatic heterocycles. The third-order valence-corrected chi connectivity index (χ3v) is 4.48. The zero-order chi connectivity index (χ0) is 17.7. The summed E-state index contributed by atoms with van der Waals surface area (Å²) in [6, 6.07) is 8.82. The highest BCUT2D eigenvalue weighted by Gasteiger charge is 2.12. The van der Waals surface area contributed by atoms with E-state index in [4.69, 9.17) is 44.3 Å². The van der Waals surface area contributed by atoms with E-state index in [1.165, 1.54) is 13.2 Å². The minimum absolute atomic E-state index is 0.293. The zero-order valence-corrected chi connectivity index (χ0v) is 16.3. The molecule has 0 fully saturated rings. The molecule has 0 aliphatic carbocycles. The predicted octanol–water partition coefficient (Wildman–Crippen LogP) is 6.12. The average Bonchev–Trinajstić information content (AvgIpc) is 2.54. The number of hydrogen-bond donors (Lipinski definition) is 0. The maximum atomic E-state index is 10.8. The predicted molar refractivity (Wildman–Crippen MR) is 101 cm³/mol. The van der Waals surface area contributed by atoms with Gasteiger partial charge in [0.2, 0.25) is 5.24 Å². The Morgan fingerprint density at radius 3 is 2.58 bits per heavy atom. The number of benzene rings is 2. The molecule has 0 bridgehead atoms. The Kier molecular flexibility index (Phi) is 6.99. The van der Waals surface area contributed by atoms with Crippen LogP contribution in [0.15, 0.2) is 40.9 Å². The molecule has 2 rings (SSSR count). The summed E-state index contributed by atoms with van der Waals surface area (Å²) in [4.78, 5) is 10.8. The second-order valence-corrected chi connectivity index (χ2v) is 6.75. The van der Waals surface area contributed by atoms with Crippen LogP contribution in [0, 0.1) is 0 Å². The lowest BCUT2D eigenvalue weighted by Crippen LogP contribution is -1.99. The number of allylic oxidation sites excluding steroid dienone is 1. The first-order chi connectivity index (χ1) is 11.4. The van der Waals surface area contributed by atoms with Gasteiger partial charge in [-0.25, -0.2) is 0 Å². The molecule has 2 aromatic rings. The fraction of sp³-hybridized carbons (Fsp3) is 0.118. The van der Waals surface area contributed by atoms with Gasteiger partial charge in [-0.15, -0.1) is 0 Å². The van der Waals surface area contributed by atoms with Crippen molar-refractivity contribution in [1.82, 2.24) is 0 Å². The first kappa shape index (κ1) is 19.1. The molecule has 24 heavy (non-hydrogen) atoms. The maximum absolute atomic E-state index is 10.8. The summed E-state index contributed by atoms with van der Waals surface area (Å²) in [5, 5.41) is 0.407. The fourth-order valence-corrected chi connectivity index (χ4v) is 2.88. The van der Waals surface area contributed by atoms with Crippen LogP contribution in [-0.2, 0) is 11.4 Å². The minimum atomic E-state index is -0.551. The van der Waals surface area contributed by atoms with Crippen molar-refractivity contribution < 1.29 is 14.3 Å². The van der Waals surface area contributed by atoms with Crippen LogP contribution < -0.4 is 9.47 Å². The molecule has 126 valence electrons. The van der Waals surface area contributed by atoms with E-state index in [2.05, 4.69) is 15.9 Å². The van der Waals surface area contributed by atoms with E-state index >= 15 is 0 Å². The molecule has 0 aliphatic heterocycles. The highest BCUT2D eigenvalue weighted by molar-refractivity contribution is 9.10. The quantitative estimate of drug-likeness (QED) is 0.393. The summed E-state index contributed by atoms with van der Waals surface area (Å²) in [5.74, 6) is 1.06. The van der Waals surface area contributed by atoms with Gasteiger partial charge in [0.05, 0.1) is 21.6 Å². The van der Waals surface area contributed by atoms with Crippen molar-refractivity contribution >= 4 is 62.1 Å². The first-order valence-electron chi connectivity index (χ1n) is 6.72. The summed E-state index contributed by atoms with van der Waals surface area (Å²) < 4.78 is 11.9. The van der Waals surface area contributed by atoms with Crippen LogP contribution in [0.3, 0.4) is 0 Å². The smallest absolute Gasteiger partial charge is 0.245 e. The van der Waals surface area contributed by atoms with Gasteiger partial charge < -0.3 is 9.47 Å². The molecule has 0 spiro atoms. The second kappa shape index (κ2) is 8.77. The zero-order valence-electron chi connectivity index (χ0n) is 12.5. The lowest BCUT2D eigenvalue weighted by Gasteiger charge is -2.14. The first-order valence-corrected chi connectivity index (χ1v) is 8.65. The summed E-state index contributed by atoms with van der Waals surface area (Å²) in [7, 11) is 1.54. The minimum Gasteiger partial charge on any atom is -0.493 e. The second-order valence-electron chi connectivity index (χ2n) is 4.71. The average molecular weight is 451 g/mol. The number of halogens is 4. The normalized spacial score (nSPS) is 10.9. The van der Waals surface area contributed by atoms with E-state index in [1.54, 1.807) is 30.3 Å². The molecule has 7 heteroatoms. The molecule has 0 N–H and O–H groups in total. The number of methoxy groups -OCH3 is 1. The molecule has 0 saturated heterocycles. The van der Waals surface area contributed by atoms with E-state index in [0.29, 0.717) is 32.6 Å². The van der Waals surface area contributed by atoms with Crippen molar-refractivity contribution in [3.05, 3.63) is 62.1 Å². The molecule has 0 amide bonds. The Hall–Kier alpha value is -1.20. The molecule has 3 nitrogen and oxygen atoms in total.